The summed E-state index contributed by atoms with van der Waals surface area (Å²) < 4.78 is 7.19. The number of hydrogen-bond acceptors (Lipinski definition) is 7. The van der Waals surface area contributed by atoms with Crippen molar-refractivity contribution in [3.8, 4) is 6.07 Å². The Kier molecular flexibility index (Phi) is 5.22. The molecule has 4 rings (SSSR count). The van der Waals surface area contributed by atoms with Gasteiger partial charge in [-0.2, -0.15) is 10.2 Å². The molecule has 144 valence electrons. The fraction of sp³-hybridized carbons (Fsp3) is 0.333. The number of aryl methyl sites for hydroxylation is 1. The maximum absolute atomic E-state index is 9.05. The molecule has 0 radical (unpaired) electrons. The summed E-state index contributed by atoms with van der Waals surface area (Å²) in [6.45, 7) is 1.49. The number of ether oxygens (including phenoxy) is 1. The van der Waals surface area contributed by atoms with Gasteiger partial charge in [0.25, 0.3) is 0 Å². The maximum atomic E-state index is 9.05. The van der Waals surface area contributed by atoms with Crippen molar-refractivity contribution >= 4 is 51.9 Å². The number of nitrogens with one attached hydrogen (secondary N) is 2. The quantitative estimate of drug-likeness (QED) is 0.663. The molecule has 3 heterocycles. The Balaban J connectivity index is 1.61. The van der Waals surface area contributed by atoms with Crippen LogP contribution >= 0.6 is 23.2 Å². The number of fused-ring (bicyclic) bond motifs is 1. The molecule has 0 bridgehead atoms. The zero-order valence-corrected chi connectivity index (χ0v) is 16.5. The molecule has 0 amide bonds. The lowest BCUT2D eigenvalue weighted by molar-refractivity contribution is 0.0903. The van der Waals surface area contributed by atoms with Crippen LogP contribution in [0.3, 0.4) is 0 Å². The molecule has 0 unspecified atom stereocenters. The third-order valence-electron chi connectivity index (χ3n) is 4.62. The predicted molar refractivity (Wildman–Crippen MR) is 108 cm³/mol. The topological polar surface area (TPSA) is 101 Å². The summed E-state index contributed by atoms with van der Waals surface area (Å²) in [6, 6.07) is 5.60. The predicted octanol–water partition coefficient (Wildman–Crippen LogP) is 3.88. The summed E-state index contributed by atoms with van der Waals surface area (Å²) in [5, 5.41) is 16.0. The molecule has 2 aromatic heterocycles. The highest BCUT2D eigenvalue weighted by Gasteiger charge is 2.17. The molecule has 3 aromatic rings. The largest absolute Gasteiger partial charge is 0.381 e. The molecule has 28 heavy (non-hydrogen) atoms. The first kappa shape index (κ1) is 18.7. The summed E-state index contributed by atoms with van der Waals surface area (Å²) in [5.74, 6) is 1.10. The van der Waals surface area contributed by atoms with Crippen LogP contribution in [-0.4, -0.2) is 38.8 Å². The lowest BCUT2D eigenvalue weighted by Crippen LogP contribution is -2.28. The van der Waals surface area contributed by atoms with Crippen LogP contribution in [0.25, 0.3) is 11.2 Å². The second kappa shape index (κ2) is 7.80. The highest BCUT2D eigenvalue weighted by molar-refractivity contribution is 6.44. The highest BCUT2D eigenvalue weighted by Crippen LogP contribution is 2.34. The van der Waals surface area contributed by atoms with Gasteiger partial charge in [0.15, 0.2) is 5.65 Å². The van der Waals surface area contributed by atoms with Crippen molar-refractivity contribution in [2.75, 3.05) is 23.8 Å². The van der Waals surface area contributed by atoms with Gasteiger partial charge in [0.1, 0.15) is 11.6 Å². The van der Waals surface area contributed by atoms with Crippen LogP contribution in [0.5, 0.6) is 0 Å². The Bertz CT molecular complexity index is 1070. The Morgan fingerprint density at radius 1 is 1.21 bits per heavy atom. The highest BCUT2D eigenvalue weighted by atomic mass is 35.5. The molecule has 1 fully saturated rings. The van der Waals surface area contributed by atoms with E-state index in [9.17, 15) is 0 Å². The smallest absolute Gasteiger partial charge is 0.224 e. The van der Waals surface area contributed by atoms with Gasteiger partial charge in [-0.1, -0.05) is 23.2 Å². The van der Waals surface area contributed by atoms with Crippen LogP contribution in [0, 0.1) is 11.3 Å². The summed E-state index contributed by atoms with van der Waals surface area (Å²) in [4.78, 5) is 13.5. The van der Waals surface area contributed by atoms with Crippen molar-refractivity contribution in [2.24, 2.45) is 7.05 Å². The van der Waals surface area contributed by atoms with Crippen molar-refractivity contribution in [3.05, 3.63) is 33.9 Å². The third-order valence-corrected chi connectivity index (χ3v) is 5.50. The number of halogens is 2. The van der Waals surface area contributed by atoms with E-state index >= 15 is 0 Å². The van der Waals surface area contributed by atoms with Crippen LogP contribution in [-0.2, 0) is 11.8 Å². The number of rotatable bonds is 4. The van der Waals surface area contributed by atoms with E-state index < -0.39 is 0 Å². The lowest BCUT2D eigenvalue weighted by Gasteiger charge is -2.22. The van der Waals surface area contributed by atoms with E-state index in [0.717, 1.165) is 26.1 Å². The first-order chi connectivity index (χ1) is 13.6. The van der Waals surface area contributed by atoms with Gasteiger partial charge in [-0.15, -0.1) is 0 Å². The van der Waals surface area contributed by atoms with Gasteiger partial charge in [-0.25, -0.2) is 9.97 Å². The molecule has 1 aliphatic rings. The Morgan fingerprint density at radius 2 is 2.00 bits per heavy atom. The van der Waals surface area contributed by atoms with E-state index in [0.29, 0.717) is 40.4 Å². The first-order valence-electron chi connectivity index (χ1n) is 8.75. The van der Waals surface area contributed by atoms with Gasteiger partial charge in [0, 0.05) is 26.3 Å². The van der Waals surface area contributed by atoms with Crippen molar-refractivity contribution in [1.29, 1.82) is 5.26 Å². The van der Waals surface area contributed by atoms with Crippen LogP contribution in [0.4, 0.5) is 17.6 Å². The summed E-state index contributed by atoms with van der Waals surface area (Å²) >= 11 is 12.4. The number of imidazole rings is 1. The van der Waals surface area contributed by atoms with Gasteiger partial charge in [0.2, 0.25) is 11.9 Å². The van der Waals surface area contributed by atoms with Crippen LogP contribution in [0.15, 0.2) is 18.3 Å². The van der Waals surface area contributed by atoms with Gasteiger partial charge in [-0.05, 0) is 25.0 Å². The van der Waals surface area contributed by atoms with E-state index in [-0.39, 0.29) is 10.0 Å². The molecule has 1 aliphatic heterocycles. The van der Waals surface area contributed by atoms with Crippen molar-refractivity contribution in [2.45, 2.75) is 18.9 Å². The molecule has 0 aliphatic carbocycles. The van der Waals surface area contributed by atoms with Gasteiger partial charge in [0.05, 0.1) is 27.5 Å². The molecular weight excluding hydrogens is 401 g/mol. The van der Waals surface area contributed by atoms with E-state index in [1.807, 2.05) is 17.7 Å². The number of nitrogens with zero attached hydrogens (tertiary/aromatic N) is 5. The molecule has 0 saturated carbocycles. The average Bonchev–Trinajstić information content (AvgIpc) is 3.02. The maximum Gasteiger partial charge on any atom is 0.224 e. The molecule has 0 atom stereocenters. The average molecular weight is 418 g/mol. The molecule has 10 heteroatoms. The van der Waals surface area contributed by atoms with E-state index in [1.165, 1.54) is 0 Å². The number of aromatic nitrogens is 4. The summed E-state index contributed by atoms with van der Waals surface area (Å²) in [5.41, 5.74) is 2.20. The SMILES string of the molecule is Cn1c(Nc2ccc(C#N)c(Cl)c2Cl)nc2cnc(NC3CCOCC3)nc21. The molecule has 8 nitrogen and oxygen atoms in total. The van der Waals surface area contributed by atoms with Crippen molar-refractivity contribution in [1.82, 2.24) is 19.5 Å². The van der Waals surface area contributed by atoms with Crippen LogP contribution < -0.4 is 10.6 Å². The number of hydrogen-bond donors (Lipinski definition) is 2. The minimum atomic E-state index is 0.204. The monoisotopic (exact) mass is 417 g/mol. The Hall–Kier alpha value is -2.60. The lowest BCUT2D eigenvalue weighted by atomic mass is 10.1. The second-order valence-electron chi connectivity index (χ2n) is 6.45. The molecule has 1 aromatic carbocycles. The van der Waals surface area contributed by atoms with E-state index in [2.05, 4.69) is 25.6 Å². The minimum Gasteiger partial charge on any atom is -0.381 e. The minimum absolute atomic E-state index is 0.204. The second-order valence-corrected chi connectivity index (χ2v) is 7.21. The van der Waals surface area contributed by atoms with Crippen molar-refractivity contribution < 1.29 is 4.74 Å². The standard InChI is InChI=1S/C18H17Cl2N7O/c1-27-16-13(9-22-17(26-16)23-11-4-6-28-7-5-11)25-18(27)24-12-3-2-10(8-21)14(19)15(12)20/h2-3,9,11H,4-7H2,1H3,(H,24,25)(H,22,23,26). The fourth-order valence-corrected chi connectivity index (χ4v) is 3.46. The third kappa shape index (κ3) is 3.56. The van der Waals surface area contributed by atoms with Crippen LogP contribution in [0.2, 0.25) is 10.0 Å². The molecule has 1 saturated heterocycles. The van der Waals surface area contributed by atoms with Gasteiger partial charge < -0.3 is 15.4 Å². The number of benzene rings is 1. The number of nitriles is 1. The van der Waals surface area contributed by atoms with Gasteiger partial charge >= 0.3 is 0 Å². The zero-order valence-electron chi connectivity index (χ0n) is 15.0. The molecule has 2 N–H and O–H groups in total. The normalized spacial score (nSPS) is 14.8. The Labute approximate surface area is 171 Å². The first-order valence-corrected chi connectivity index (χ1v) is 9.51. The Morgan fingerprint density at radius 3 is 2.75 bits per heavy atom. The number of anilines is 3. The van der Waals surface area contributed by atoms with Crippen LogP contribution in [0.1, 0.15) is 18.4 Å². The molecule has 0 spiro atoms. The summed E-state index contributed by atoms with van der Waals surface area (Å²) in [6.07, 6.45) is 3.54. The fourth-order valence-electron chi connectivity index (χ4n) is 3.04. The summed E-state index contributed by atoms with van der Waals surface area (Å²) in [7, 11) is 1.85. The van der Waals surface area contributed by atoms with E-state index in [4.69, 9.17) is 33.2 Å². The van der Waals surface area contributed by atoms with Gasteiger partial charge in [-0.3, -0.25) is 4.57 Å². The van der Waals surface area contributed by atoms with Crippen molar-refractivity contribution in [3.63, 3.8) is 0 Å². The zero-order chi connectivity index (χ0) is 19.7. The van der Waals surface area contributed by atoms with E-state index in [1.54, 1.807) is 18.3 Å². The molecular formula is C18H17Cl2N7O.